The average molecular weight is 695 g/mol. The topological polar surface area (TPSA) is 96.0 Å². The molecule has 0 saturated heterocycles. The molecule has 1 aliphatic rings. The third-order valence-corrected chi connectivity index (χ3v) is 10.5. The fourth-order valence-corrected chi connectivity index (χ4v) is 7.58. The first-order valence-electron chi connectivity index (χ1n) is 15.6. The summed E-state index contributed by atoms with van der Waals surface area (Å²) in [5.74, 6) is 0.283. The van der Waals surface area contributed by atoms with Gasteiger partial charge in [0, 0.05) is 22.6 Å². The molecule has 1 atom stereocenters. The smallest absolute Gasteiger partial charge is 0.264 e. The molecule has 1 aliphatic carbocycles. The molecular formula is C36H37Cl2N3O5S. The average Bonchev–Trinajstić information content (AvgIpc) is 3.59. The van der Waals surface area contributed by atoms with E-state index in [-0.39, 0.29) is 29.1 Å². The molecule has 0 aliphatic heterocycles. The van der Waals surface area contributed by atoms with E-state index in [1.165, 1.54) is 17.0 Å². The maximum atomic E-state index is 14.4. The Labute approximate surface area is 286 Å². The van der Waals surface area contributed by atoms with Crippen LogP contribution in [0.25, 0.3) is 0 Å². The summed E-state index contributed by atoms with van der Waals surface area (Å²) >= 11 is 12.7. The van der Waals surface area contributed by atoms with Gasteiger partial charge >= 0.3 is 0 Å². The van der Waals surface area contributed by atoms with Crippen LogP contribution in [0.5, 0.6) is 11.5 Å². The number of para-hydroxylation sites is 1. The Morgan fingerprint density at radius 1 is 0.872 bits per heavy atom. The molecular weight excluding hydrogens is 657 g/mol. The van der Waals surface area contributed by atoms with Gasteiger partial charge in [0.15, 0.2) is 0 Å². The molecule has 4 aromatic carbocycles. The fraction of sp³-hybridized carbons (Fsp3) is 0.278. The Hall–Kier alpha value is -4.05. The zero-order valence-corrected chi connectivity index (χ0v) is 28.3. The first kappa shape index (κ1) is 34.3. The molecule has 0 spiro atoms. The van der Waals surface area contributed by atoms with Crippen LogP contribution in [0.15, 0.2) is 108 Å². The summed E-state index contributed by atoms with van der Waals surface area (Å²) in [5.41, 5.74) is 0.840. The van der Waals surface area contributed by atoms with Crippen molar-refractivity contribution >= 4 is 50.7 Å². The van der Waals surface area contributed by atoms with Gasteiger partial charge in [-0.25, -0.2) is 8.42 Å². The number of nitrogens with one attached hydrogen (secondary N) is 1. The molecule has 0 unspecified atom stereocenters. The second-order valence-corrected chi connectivity index (χ2v) is 14.1. The number of carbonyl (C=O) groups excluding carboxylic acids is 2. The van der Waals surface area contributed by atoms with E-state index < -0.39 is 28.5 Å². The van der Waals surface area contributed by atoms with Crippen LogP contribution in [0.1, 0.15) is 44.6 Å². The highest BCUT2D eigenvalue weighted by atomic mass is 35.5. The lowest BCUT2D eigenvalue weighted by Crippen LogP contribution is -2.53. The molecule has 1 N–H and O–H groups in total. The molecule has 0 bridgehead atoms. The van der Waals surface area contributed by atoms with Gasteiger partial charge in [-0.15, -0.1) is 0 Å². The number of amides is 2. The highest BCUT2D eigenvalue weighted by Gasteiger charge is 2.35. The Balaban J connectivity index is 1.49. The van der Waals surface area contributed by atoms with Crippen LogP contribution in [-0.2, 0) is 26.2 Å². The summed E-state index contributed by atoms with van der Waals surface area (Å²) in [5, 5.41) is 3.88. The van der Waals surface area contributed by atoms with Crippen molar-refractivity contribution in [2.24, 2.45) is 0 Å². The van der Waals surface area contributed by atoms with Crippen molar-refractivity contribution in [2.45, 2.75) is 62.6 Å². The summed E-state index contributed by atoms with van der Waals surface area (Å²) in [6.45, 7) is 1.25. The van der Waals surface area contributed by atoms with E-state index >= 15 is 0 Å². The number of anilines is 1. The molecule has 5 rings (SSSR count). The number of halogens is 2. The standard InChI is InChI=1S/C36H37Cl2N3O5S/c1-2-34(36(43)39-28-11-9-10-12-28)40(24-26-17-18-27(37)23-33(26)38)35(42)25-41(47(44,45)32-15-7-4-8-16-32)29-19-21-31(22-20-29)46-30-13-5-3-6-14-30/h3-8,13-23,28,34H,2,9-12,24-25H2,1H3,(H,39,43)/t34-/m1/s1. The molecule has 0 radical (unpaired) electrons. The van der Waals surface area contributed by atoms with E-state index in [9.17, 15) is 18.0 Å². The normalized spacial score (nSPS) is 13.9. The van der Waals surface area contributed by atoms with Crippen molar-refractivity contribution in [3.8, 4) is 11.5 Å². The predicted octanol–water partition coefficient (Wildman–Crippen LogP) is 7.85. The van der Waals surface area contributed by atoms with E-state index in [4.69, 9.17) is 27.9 Å². The van der Waals surface area contributed by atoms with Gasteiger partial charge in [0.25, 0.3) is 10.0 Å². The minimum absolute atomic E-state index is 0.0193. The molecule has 11 heteroatoms. The monoisotopic (exact) mass is 693 g/mol. The zero-order valence-electron chi connectivity index (χ0n) is 26.0. The molecule has 1 fully saturated rings. The molecule has 8 nitrogen and oxygen atoms in total. The van der Waals surface area contributed by atoms with Gasteiger partial charge < -0.3 is 15.0 Å². The van der Waals surface area contributed by atoms with E-state index in [2.05, 4.69) is 5.32 Å². The maximum absolute atomic E-state index is 14.4. The van der Waals surface area contributed by atoms with Gasteiger partial charge in [-0.3, -0.25) is 13.9 Å². The predicted molar refractivity (Wildman–Crippen MR) is 185 cm³/mol. The number of nitrogens with zero attached hydrogens (tertiary/aromatic N) is 2. The Kier molecular flexibility index (Phi) is 11.4. The third-order valence-electron chi connectivity index (χ3n) is 8.16. The minimum atomic E-state index is -4.21. The van der Waals surface area contributed by atoms with Crippen LogP contribution in [0.4, 0.5) is 5.69 Å². The van der Waals surface area contributed by atoms with Crippen LogP contribution in [0.2, 0.25) is 10.0 Å². The fourth-order valence-electron chi connectivity index (χ4n) is 5.67. The van der Waals surface area contributed by atoms with Crippen molar-refractivity contribution in [3.63, 3.8) is 0 Å². The summed E-state index contributed by atoms with van der Waals surface area (Å²) in [6.07, 6.45) is 4.14. The highest BCUT2D eigenvalue weighted by molar-refractivity contribution is 7.92. The number of hydrogen-bond donors (Lipinski definition) is 1. The number of sulfonamides is 1. The largest absolute Gasteiger partial charge is 0.457 e. The number of rotatable bonds is 13. The Bertz CT molecular complexity index is 1770. The first-order chi connectivity index (χ1) is 22.7. The lowest BCUT2D eigenvalue weighted by molar-refractivity contribution is -0.140. The van der Waals surface area contributed by atoms with E-state index in [1.54, 1.807) is 60.7 Å². The zero-order chi connectivity index (χ0) is 33.4. The van der Waals surface area contributed by atoms with Crippen molar-refractivity contribution in [1.29, 1.82) is 0 Å². The lowest BCUT2D eigenvalue weighted by atomic mass is 10.1. The summed E-state index contributed by atoms with van der Waals surface area (Å²) in [6, 6.07) is 27.7. The van der Waals surface area contributed by atoms with Gasteiger partial charge in [-0.1, -0.05) is 85.4 Å². The van der Waals surface area contributed by atoms with Crippen LogP contribution in [0, 0.1) is 0 Å². The summed E-state index contributed by atoms with van der Waals surface area (Å²) in [4.78, 5) is 29.5. The molecule has 1 saturated carbocycles. The number of benzene rings is 4. The molecule has 0 heterocycles. The van der Waals surface area contributed by atoms with Crippen LogP contribution < -0.4 is 14.4 Å². The minimum Gasteiger partial charge on any atom is -0.457 e. The van der Waals surface area contributed by atoms with Gasteiger partial charge in [-0.05, 0) is 85.5 Å². The van der Waals surface area contributed by atoms with E-state index in [1.807, 2.05) is 37.3 Å². The van der Waals surface area contributed by atoms with Gasteiger partial charge in [0.1, 0.15) is 24.1 Å². The van der Waals surface area contributed by atoms with Gasteiger partial charge in [0.05, 0.1) is 10.6 Å². The second kappa shape index (κ2) is 15.7. The van der Waals surface area contributed by atoms with E-state index in [0.717, 1.165) is 30.0 Å². The number of ether oxygens (including phenoxy) is 1. The van der Waals surface area contributed by atoms with Crippen molar-refractivity contribution in [2.75, 3.05) is 10.8 Å². The van der Waals surface area contributed by atoms with Crippen LogP contribution >= 0.6 is 23.2 Å². The molecule has 4 aromatic rings. The van der Waals surface area contributed by atoms with Crippen LogP contribution in [-0.4, -0.2) is 43.8 Å². The molecule has 0 aromatic heterocycles. The number of carbonyl (C=O) groups is 2. The molecule has 246 valence electrons. The summed E-state index contributed by atoms with van der Waals surface area (Å²) < 4.78 is 35.2. The Morgan fingerprint density at radius 3 is 2.11 bits per heavy atom. The summed E-state index contributed by atoms with van der Waals surface area (Å²) in [7, 11) is -4.21. The van der Waals surface area contributed by atoms with Crippen molar-refractivity contribution in [1.82, 2.24) is 10.2 Å². The lowest BCUT2D eigenvalue weighted by Gasteiger charge is -2.34. The molecule has 47 heavy (non-hydrogen) atoms. The second-order valence-electron chi connectivity index (χ2n) is 11.4. The van der Waals surface area contributed by atoms with E-state index in [0.29, 0.717) is 33.5 Å². The first-order valence-corrected chi connectivity index (χ1v) is 17.8. The molecule has 2 amide bonds. The maximum Gasteiger partial charge on any atom is 0.264 e. The van der Waals surface area contributed by atoms with Crippen molar-refractivity contribution in [3.05, 3.63) is 119 Å². The Morgan fingerprint density at radius 2 is 1.49 bits per heavy atom. The SMILES string of the molecule is CC[C@H](C(=O)NC1CCCC1)N(Cc1ccc(Cl)cc1Cl)C(=O)CN(c1ccc(Oc2ccccc2)cc1)S(=O)(=O)c1ccccc1. The van der Waals surface area contributed by atoms with Gasteiger partial charge in [-0.2, -0.15) is 0 Å². The van der Waals surface area contributed by atoms with Crippen molar-refractivity contribution < 1.29 is 22.7 Å². The quantitative estimate of drug-likeness (QED) is 0.154. The van der Waals surface area contributed by atoms with Gasteiger partial charge in [0.2, 0.25) is 11.8 Å². The third kappa shape index (κ3) is 8.66. The highest BCUT2D eigenvalue weighted by Crippen LogP contribution is 2.30. The van der Waals surface area contributed by atoms with Crippen LogP contribution in [0.3, 0.4) is 0 Å². The number of hydrogen-bond acceptors (Lipinski definition) is 5.